The second kappa shape index (κ2) is 8.59. The molecular weight excluding hydrogens is 344 g/mol. The number of unbranched alkanes of at least 4 members (excludes halogenated alkanes) is 3. The van der Waals surface area contributed by atoms with Gasteiger partial charge in [-0.2, -0.15) is 0 Å². The van der Waals surface area contributed by atoms with Crippen molar-refractivity contribution in [2.45, 2.75) is 51.0 Å². The van der Waals surface area contributed by atoms with Crippen LogP contribution in [0.25, 0.3) is 0 Å². The summed E-state index contributed by atoms with van der Waals surface area (Å²) in [5, 5.41) is 2.95. The zero-order valence-electron chi connectivity index (χ0n) is 16.4. The summed E-state index contributed by atoms with van der Waals surface area (Å²) in [6.45, 7) is 4.81. The van der Waals surface area contributed by atoms with E-state index in [1.165, 1.54) is 12.8 Å². The van der Waals surface area contributed by atoms with Gasteiger partial charge < -0.3 is 19.9 Å². The normalized spacial score (nSPS) is 18.7. The number of carbonyl (C=O) groups is 2. The van der Waals surface area contributed by atoms with Gasteiger partial charge in [0.2, 0.25) is 0 Å². The quantitative estimate of drug-likeness (QED) is 0.742. The number of hydrogen-bond donors (Lipinski definition) is 1. The van der Waals surface area contributed by atoms with Gasteiger partial charge in [0, 0.05) is 51.3 Å². The number of hydrogen-bond acceptors (Lipinski definition) is 5. The van der Waals surface area contributed by atoms with Crippen LogP contribution in [-0.2, 0) is 4.74 Å². The van der Waals surface area contributed by atoms with Gasteiger partial charge in [-0.3, -0.25) is 4.79 Å². The fourth-order valence-electron chi connectivity index (χ4n) is 3.85. The predicted molar refractivity (Wildman–Crippen MR) is 104 cm³/mol. The Hall–Kier alpha value is -2.31. The molecule has 0 unspecified atom stereocenters. The van der Waals surface area contributed by atoms with Crippen molar-refractivity contribution < 1.29 is 14.3 Å². The molecule has 3 rings (SSSR count). The summed E-state index contributed by atoms with van der Waals surface area (Å²) in [6, 6.07) is 3.50. The van der Waals surface area contributed by atoms with E-state index in [9.17, 15) is 9.59 Å². The van der Waals surface area contributed by atoms with Gasteiger partial charge in [-0.25, -0.2) is 9.78 Å². The third-order valence-electron chi connectivity index (χ3n) is 5.55. The SMILES string of the molecule is CCCCCCN1CC2(CCN(C(=O)c3ccnc(NC)c3)CC2)OC1=O. The van der Waals surface area contributed by atoms with E-state index >= 15 is 0 Å². The van der Waals surface area contributed by atoms with Crippen molar-refractivity contribution >= 4 is 17.8 Å². The van der Waals surface area contributed by atoms with Crippen LogP contribution in [0.4, 0.5) is 10.6 Å². The van der Waals surface area contributed by atoms with Gasteiger partial charge in [0.1, 0.15) is 11.4 Å². The summed E-state index contributed by atoms with van der Waals surface area (Å²) in [6.07, 6.45) is 7.40. The molecule has 7 heteroatoms. The molecule has 0 bridgehead atoms. The summed E-state index contributed by atoms with van der Waals surface area (Å²) in [4.78, 5) is 32.8. The lowest BCUT2D eigenvalue weighted by Crippen LogP contribution is -2.48. The number of rotatable bonds is 7. The first-order chi connectivity index (χ1) is 13.1. The molecule has 1 aromatic rings. The molecule has 0 aromatic carbocycles. The molecule has 7 nitrogen and oxygen atoms in total. The van der Waals surface area contributed by atoms with Crippen LogP contribution in [0.5, 0.6) is 0 Å². The Morgan fingerprint density at radius 1 is 1.30 bits per heavy atom. The minimum atomic E-state index is -0.424. The van der Waals surface area contributed by atoms with E-state index in [0.717, 1.165) is 19.4 Å². The zero-order chi connectivity index (χ0) is 19.3. The van der Waals surface area contributed by atoms with Crippen molar-refractivity contribution in [1.82, 2.24) is 14.8 Å². The first-order valence-electron chi connectivity index (χ1n) is 9.98. The van der Waals surface area contributed by atoms with E-state index in [2.05, 4.69) is 17.2 Å². The largest absolute Gasteiger partial charge is 0.441 e. The number of piperidine rings is 1. The van der Waals surface area contributed by atoms with E-state index in [1.807, 2.05) is 9.80 Å². The maximum Gasteiger partial charge on any atom is 0.410 e. The van der Waals surface area contributed by atoms with Gasteiger partial charge in [0.05, 0.1) is 6.54 Å². The van der Waals surface area contributed by atoms with Gasteiger partial charge in [-0.05, 0) is 18.6 Å². The van der Waals surface area contributed by atoms with Crippen LogP contribution in [0.1, 0.15) is 55.8 Å². The molecular formula is C20H30N4O3. The van der Waals surface area contributed by atoms with E-state index in [0.29, 0.717) is 43.9 Å². The van der Waals surface area contributed by atoms with Gasteiger partial charge in [-0.1, -0.05) is 26.2 Å². The molecule has 0 saturated carbocycles. The van der Waals surface area contributed by atoms with Crippen LogP contribution in [0.3, 0.4) is 0 Å². The van der Waals surface area contributed by atoms with E-state index in [4.69, 9.17) is 4.74 Å². The average Bonchev–Trinajstić information content (AvgIpc) is 3.00. The zero-order valence-corrected chi connectivity index (χ0v) is 16.4. The Kier molecular flexibility index (Phi) is 6.19. The van der Waals surface area contributed by atoms with Gasteiger partial charge >= 0.3 is 6.09 Å². The maximum atomic E-state index is 12.8. The summed E-state index contributed by atoms with van der Waals surface area (Å²) in [7, 11) is 1.78. The van der Waals surface area contributed by atoms with Crippen LogP contribution >= 0.6 is 0 Å². The minimum absolute atomic E-state index is 0.00416. The Morgan fingerprint density at radius 2 is 2.07 bits per heavy atom. The van der Waals surface area contributed by atoms with E-state index in [1.54, 1.807) is 25.4 Å². The molecule has 1 spiro atoms. The van der Waals surface area contributed by atoms with Crippen LogP contribution in [0.15, 0.2) is 18.3 Å². The summed E-state index contributed by atoms with van der Waals surface area (Å²) < 4.78 is 5.76. The monoisotopic (exact) mass is 374 g/mol. The minimum Gasteiger partial charge on any atom is -0.441 e. The number of pyridine rings is 1. The van der Waals surface area contributed by atoms with E-state index < -0.39 is 5.60 Å². The molecule has 0 aliphatic carbocycles. The molecule has 1 aromatic heterocycles. The molecule has 148 valence electrons. The fraction of sp³-hybridized carbons (Fsp3) is 0.650. The second-order valence-corrected chi connectivity index (χ2v) is 7.51. The maximum absolute atomic E-state index is 12.8. The van der Waals surface area contributed by atoms with Gasteiger partial charge in [0.25, 0.3) is 5.91 Å². The molecule has 2 aliphatic rings. The molecule has 1 N–H and O–H groups in total. The highest BCUT2D eigenvalue weighted by molar-refractivity contribution is 5.94. The third-order valence-corrected chi connectivity index (χ3v) is 5.55. The Balaban J connectivity index is 1.53. The Labute approximate surface area is 161 Å². The van der Waals surface area contributed by atoms with E-state index in [-0.39, 0.29) is 12.0 Å². The summed E-state index contributed by atoms with van der Waals surface area (Å²) >= 11 is 0. The highest BCUT2D eigenvalue weighted by atomic mass is 16.6. The number of likely N-dealkylation sites (tertiary alicyclic amines) is 1. The smallest absolute Gasteiger partial charge is 0.410 e. The number of anilines is 1. The Bertz CT molecular complexity index is 671. The number of nitrogens with one attached hydrogen (secondary N) is 1. The number of ether oxygens (including phenoxy) is 1. The van der Waals surface area contributed by atoms with Crippen molar-refractivity contribution in [3.05, 3.63) is 23.9 Å². The fourth-order valence-corrected chi connectivity index (χ4v) is 3.85. The van der Waals surface area contributed by atoms with Crippen LogP contribution < -0.4 is 5.32 Å². The molecule has 2 aliphatic heterocycles. The highest BCUT2D eigenvalue weighted by Gasteiger charge is 2.47. The lowest BCUT2D eigenvalue weighted by atomic mass is 9.91. The van der Waals surface area contributed by atoms with Gasteiger partial charge in [-0.15, -0.1) is 0 Å². The first-order valence-corrected chi connectivity index (χ1v) is 9.98. The lowest BCUT2D eigenvalue weighted by molar-refractivity contribution is 0.00313. The predicted octanol–water partition coefficient (Wildman–Crippen LogP) is 3.13. The molecule has 27 heavy (non-hydrogen) atoms. The number of nitrogens with zero attached hydrogens (tertiary/aromatic N) is 3. The topological polar surface area (TPSA) is 74.8 Å². The highest BCUT2D eigenvalue weighted by Crippen LogP contribution is 2.34. The van der Waals surface area contributed by atoms with Gasteiger partial charge in [0.15, 0.2) is 0 Å². The first kappa shape index (κ1) is 19.5. The Morgan fingerprint density at radius 3 is 2.78 bits per heavy atom. The summed E-state index contributed by atoms with van der Waals surface area (Å²) in [5.41, 5.74) is 0.207. The molecule has 2 fully saturated rings. The van der Waals surface area contributed by atoms with Crippen LogP contribution in [0, 0.1) is 0 Å². The third kappa shape index (κ3) is 4.51. The van der Waals surface area contributed by atoms with Crippen LogP contribution in [0.2, 0.25) is 0 Å². The summed E-state index contributed by atoms with van der Waals surface area (Å²) in [5.74, 6) is 0.683. The average molecular weight is 374 g/mol. The number of amides is 2. The molecule has 2 saturated heterocycles. The molecule has 0 radical (unpaired) electrons. The lowest BCUT2D eigenvalue weighted by Gasteiger charge is -2.37. The van der Waals surface area contributed by atoms with Crippen molar-refractivity contribution in [2.75, 3.05) is 38.5 Å². The van der Waals surface area contributed by atoms with Crippen molar-refractivity contribution in [1.29, 1.82) is 0 Å². The number of carbonyl (C=O) groups excluding carboxylic acids is 2. The molecule has 3 heterocycles. The number of aromatic nitrogens is 1. The van der Waals surface area contributed by atoms with Crippen molar-refractivity contribution in [3.63, 3.8) is 0 Å². The second-order valence-electron chi connectivity index (χ2n) is 7.51. The van der Waals surface area contributed by atoms with Crippen LogP contribution in [-0.4, -0.2) is 65.6 Å². The standard InChI is InChI=1S/C20H30N4O3/c1-3-4-5-6-11-24-15-20(27-19(24)26)8-12-23(13-9-20)18(25)16-7-10-22-17(14-16)21-2/h7,10,14H,3-6,8-9,11-13,15H2,1-2H3,(H,21,22). The van der Waals surface area contributed by atoms with Crippen molar-refractivity contribution in [3.8, 4) is 0 Å². The van der Waals surface area contributed by atoms with Crippen molar-refractivity contribution in [2.24, 2.45) is 0 Å². The molecule has 0 atom stereocenters. The molecule has 2 amide bonds.